The van der Waals surface area contributed by atoms with Crippen molar-refractivity contribution in [1.82, 2.24) is 4.90 Å². The molecule has 2 unspecified atom stereocenters. The van der Waals surface area contributed by atoms with E-state index in [1.165, 1.54) is 19.3 Å². The van der Waals surface area contributed by atoms with Gasteiger partial charge in [0.2, 0.25) is 5.91 Å². The molecule has 1 amide bonds. The summed E-state index contributed by atoms with van der Waals surface area (Å²) in [5, 5.41) is 19.5. The van der Waals surface area contributed by atoms with Crippen LogP contribution in [0.15, 0.2) is 24.3 Å². The zero-order valence-corrected chi connectivity index (χ0v) is 16.7. The quantitative estimate of drug-likeness (QED) is 0.671. The topological polar surface area (TPSA) is 77.8 Å². The maximum atomic E-state index is 12.3. The maximum absolute atomic E-state index is 12.3. The lowest BCUT2D eigenvalue weighted by Crippen LogP contribution is -2.36. The van der Waals surface area contributed by atoms with Crippen molar-refractivity contribution in [2.24, 2.45) is 5.92 Å². The van der Waals surface area contributed by atoms with E-state index in [1.54, 1.807) is 12.1 Å². The molecule has 2 aliphatic rings. The van der Waals surface area contributed by atoms with Crippen molar-refractivity contribution in [2.45, 2.75) is 82.8 Å². The highest BCUT2D eigenvalue weighted by molar-refractivity contribution is 5.87. The van der Waals surface area contributed by atoms with E-state index in [0.29, 0.717) is 30.9 Å². The number of amides is 1. The van der Waals surface area contributed by atoms with Gasteiger partial charge in [0.25, 0.3) is 0 Å². The molecular formula is C23H33NO4. The van der Waals surface area contributed by atoms with Gasteiger partial charge in [-0.1, -0.05) is 31.4 Å². The highest BCUT2D eigenvalue weighted by Crippen LogP contribution is 2.29. The van der Waals surface area contributed by atoms with Gasteiger partial charge in [-0.15, -0.1) is 0 Å². The largest absolute Gasteiger partial charge is 0.478 e. The average Bonchev–Trinajstić information content (AvgIpc) is 3.06. The number of hydrogen-bond acceptors (Lipinski definition) is 3. The van der Waals surface area contributed by atoms with Crippen LogP contribution in [0.5, 0.6) is 0 Å². The van der Waals surface area contributed by atoms with Crippen LogP contribution in [0.1, 0.15) is 80.1 Å². The molecule has 0 spiro atoms. The van der Waals surface area contributed by atoms with Gasteiger partial charge in [-0.05, 0) is 68.6 Å². The van der Waals surface area contributed by atoms with Crippen molar-refractivity contribution in [1.29, 1.82) is 0 Å². The molecule has 1 heterocycles. The zero-order chi connectivity index (χ0) is 19.9. The molecule has 0 bridgehead atoms. The molecule has 1 saturated heterocycles. The summed E-state index contributed by atoms with van der Waals surface area (Å²) in [6.45, 7) is 0.675. The minimum absolute atomic E-state index is 0.228. The molecule has 2 fully saturated rings. The second-order valence-electron chi connectivity index (χ2n) is 8.43. The highest BCUT2D eigenvalue weighted by Gasteiger charge is 2.31. The third-order valence-electron chi connectivity index (χ3n) is 6.52. The maximum Gasteiger partial charge on any atom is 0.335 e. The van der Waals surface area contributed by atoms with Crippen molar-refractivity contribution in [3.63, 3.8) is 0 Å². The Kier molecular flexibility index (Phi) is 7.49. The van der Waals surface area contributed by atoms with E-state index in [0.717, 1.165) is 44.1 Å². The molecule has 0 radical (unpaired) electrons. The molecule has 3 rings (SSSR count). The number of carboxylic acid groups (broad SMARTS) is 1. The lowest BCUT2D eigenvalue weighted by atomic mass is 9.84. The van der Waals surface area contributed by atoms with E-state index >= 15 is 0 Å². The number of likely N-dealkylation sites (tertiary alicyclic amines) is 1. The molecule has 1 aromatic rings. The van der Waals surface area contributed by atoms with E-state index in [9.17, 15) is 14.7 Å². The van der Waals surface area contributed by atoms with Gasteiger partial charge in [0.1, 0.15) is 0 Å². The summed E-state index contributed by atoms with van der Waals surface area (Å²) in [6, 6.07) is 7.33. The third kappa shape index (κ3) is 5.57. The first-order valence-corrected chi connectivity index (χ1v) is 10.8. The molecule has 1 aliphatic heterocycles. The minimum Gasteiger partial charge on any atom is -0.478 e. The van der Waals surface area contributed by atoms with E-state index in [2.05, 4.69) is 0 Å². The van der Waals surface area contributed by atoms with Gasteiger partial charge in [-0.3, -0.25) is 4.79 Å². The van der Waals surface area contributed by atoms with E-state index < -0.39 is 5.97 Å². The van der Waals surface area contributed by atoms with Crippen LogP contribution >= 0.6 is 0 Å². The number of carbonyl (C=O) groups excluding carboxylic acids is 1. The minimum atomic E-state index is -0.901. The van der Waals surface area contributed by atoms with Crippen LogP contribution in [0, 0.1) is 5.92 Å². The van der Waals surface area contributed by atoms with Gasteiger partial charge in [-0.25, -0.2) is 4.79 Å². The normalized spacial score (nSPS) is 21.8. The summed E-state index contributed by atoms with van der Waals surface area (Å²) >= 11 is 0. The molecule has 28 heavy (non-hydrogen) atoms. The smallest absolute Gasteiger partial charge is 0.335 e. The number of carbonyl (C=O) groups is 2. The van der Waals surface area contributed by atoms with Crippen molar-refractivity contribution >= 4 is 11.9 Å². The number of aryl methyl sites for hydroxylation is 1. The Labute approximate surface area is 167 Å². The SMILES string of the molecule is O=C(O)c1ccc(CCCC2CCC(=O)N2CCC(O)C2CCCCC2)cc1. The summed E-state index contributed by atoms with van der Waals surface area (Å²) < 4.78 is 0. The number of aromatic carboxylic acids is 1. The Morgan fingerprint density at radius 3 is 2.50 bits per heavy atom. The first-order chi connectivity index (χ1) is 13.5. The molecular weight excluding hydrogens is 354 g/mol. The number of benzene rings is 1. The van der Waals surface area contributed by atoms with Gasteiger partial charge in [0, 0.05) is 19.0 Å². The molecule has 5 heteroatoms. The second-order valence-corrected chi connectivity index (χ2v) is 8.43. The highest BCUT2D eigenvalue weighted by atomic mass is 16.4. The van der Waals surface area contributed by atoms with Crippen LogP contribution in [0.25, 0.3) is 0 Å². The average molecular weight is 388 g/mol. The van der Waals surface area contributed by atoms with E-state index in [4.69, 9.17) is 5.11 Å². The number of aliphatic hydroxyl groups excluding tert-OH is 1. The Bertz CT molecular complexity index is 651. The van der Waals surface area contributed by atoms with Gasteiger partial charge >= 0.3 is 5.97 Å². The zero-order valence-electron chi connectivity index (χ0n) is 16.7. The standard InChI is InChI=1S/C23H33NO4/c25-21(18-6-2-1-3-7-18)15-16-24-20(13-14-22(24)26)8-4-5-17-9-11-19(12-10-17)23(27)28/h9-12,18,20-21,25H,1-8,13-16H2,(H,27,28). The Hall–Kier alpha value is -1.88. The fourth-order valence-electron chi connectivity index (χ4n) is 4.78. The molecule has 1 aliphatic carbocycles. The van der Waals surface area contributed by atoms with Crippen molar-refractivity contribution in [2.75, 3.05) is 6.54 Å². The Balaban J connectivity index is 1.43. The fraction of sp³-hybridized carbons (Fsp3) is 0.652. The van der Waals surface area contributed by atoms with Crippen molar-refractivity contribution in [3.8, 4) is 0 Å². The predicted molar refractivity (Wildman–Crippen MR) is 108 cm³/mol. The summed E-state index contributed by atoms with van der Waals surface area (Å²) in [6.07, 6.45) is 10.8. The third-order valence-corrected chi connectivity index (χ3v) is 6.52. The van der Waals surface area contributed by atoms with Crippen LogP contribution < -0.4 is 0 Å². The monoisotopic (exact) mass is 387 g/mol. The molecule has 1 aromatic carbocycles. The lowest BCUT2D eigenvalue weighted by Gasteiger charge is -2.30. The van der Waals surface area contributed by atoms with Gasteiger partial charge in [0.15, 0.2) is 0 Å². The number of carboxylic acids is 1. The van der Waals surface area contributed by atoms with Gasteiger partial charge in [-0.2, -0.15) is 0 Å². The molecule has 0 aromatic heterocycles. The Morgan fingerprint density at radius 2 is 1.82 bits per heavy atom. The summed E-state index contributed by atoms with van der Waals surface area (Å²) in [4.78, 5) is 25.2. The predicted octanol–water partition coefficient (Wildman–Crippen LogP) is 4.03. The van der Waals surface area contributed by atoms with Gasteiger partial charge in [0.05, 0.1) is 11.7 Å². The van der Waals surface area contributed by atoms with Crippen LogP contribution in [0.2, 0.25) is 0 Å². The second kappa shape index (κ2) is 10.1. The summed E-state index contributed by atoms with van der Waals surface area (Å²) in [5.41, 5.74) is 1.45. The number of hydrogen-bond donors (Lipinski definition) is 2. The van der Waals surface area contributed by atoms with Crippen molar-refractivity contribution in [3.05, 3.63) is 35.4 Å². The van der Waals surface area contributed by atoms with Crippen molar-refractivity contribution < 1.29 is 19.8 Å². The first kappa shape index (κ1) is 20.8. The first-order valence-electron chi connectivity index (χ1n) is 10.8. The molecule has 2 atom stereocenters. The van der Waals surface area contributed by atoms with E-state index in [-0.39, 0.29) is 18.1 Å². The fourth-order valence-corrected chi connectivity index (χ4v) is 4.78. The van der Waals surface area contributed by atoms with Crippen LogP contribution in [0.4, 0.5) is 0 Å². The molecule has 5 nitrogen and oxygen atoms in total. The van der Waals surface area contributed by atoms with E-state index in [1.807, 2.05) is 17.0 Å². The van der Waals surface area contributed by atoms with Crippen LogP contribution in [-0.4, -0.2) is 45.7 Å². The Morgan fingerprint density at radius 1 is 1.11 bits per heavy atom. The molecule has 1 saturated carbocycles. The van der Waals surface area contributed by atoms with Crippen LogP contribution in [0.3, 0.4) is 0 Å². The number of rotatable bonds is 9. The molecule has 154 valence electrons. The number of nitrogens with zero attached hydrogens (tertiary/aromatic N) is 1. The number of aliphatic hydroxyl groups is 1. The summed E-state index contributed by atoms with van der Waals surface area (Å²) in [5.74, 6) is -0.257. The lowest BCUT2D eigenvalue weighted by molar-refractivity contribution is -0.129. The van der Waals surface area contributed by atoms with Crippen LogP contribution in [-0.2, 0) is 11.2 Å². The summed E-state index contributed by atoms with van der Waals surface area (Å²) in [7, 11) is 0. The van der Waals surface area contributed by atoms with Gasteiger partial charge < -0.3 is 15.1 Å². The molecule has 2 N–H and O–H groups in total.